The predicted molar refractivity (Wildman–Crippen MR) is 139 cm³/mol. The molecule has 0 atom stereocenters. The molecule has 8 heteroatoms. The van der Waals surface area contributed by atoms with Crippen molar-refractivity contribution in [1.82, 2.24) is 0 Å². The summed E-state index contributed by atoms with van der Waals surface area (Å²) in [5.74, 6) is -1.83. The van der Waals surface area contributed by atoms with Gasteiger partial charge in [0.25, 0.3) is 11.8 Å². The van der Waals surface area contributed by atoms with Crippen LogP contribution in [-0.2, 0) is 0 Å². The Balaban J connectivity index is 1.59. The lowest BCUT2D eigenvalue weighted by Crippen LogP contribution is -2.26. The Morgan fingerprint density at radius 2 is 0.889 bits per heavy atom. The van der Waals surface area contributed by atoms with Crippen molar-refractivity contribution >= 4 is 58.0 Å². The Kier molecular flexibility index (Phi) is 6.14. The molecule has 4 aromatic carbocycles. The van der Waals surface area contributed by atoms with E-state index in [1.807, 2.05) is 0 Å². The van der Waals surface area contributed by atoms with Crippen molar-refractivity contribution in [2.24, 2.45) is 0 Å². The van der Waals surface area contributed by atoms with E-state index in [0.29, 0.717) is 21.2 Å². The predicted octanol–water partition coefficient (Wildman–Crippen LogP) is 6.27. The lowest BCUT2D eigenvalue weighted by Gasteiger charge is -2.23. The van der Waals surface area contributed by atoms with Crippen molar-refractivity contribution in [3.05, 3.63) is 128 Å². The van der Waals surface area contributed by atoms with E-state index < -0.39 is 23.4 Å². The molecular formula is C28H16Cl2N2O4. The third-order valence-electron chi connectivity index (χ3n) is 5.79. The first-order valence-corrected chi connectivity index (χ1v) is 11.6. The van der Waals surface area contributed by atoms with E-state index >= 15 is 0 Å². The summed E-state index contributed by atoms with van der Waals surface area (Å²) in [6.45, 7) is 0. The number of benzene rings is 4. The molecule has 0 fully saturated rings. The van der Waals surface area contributed by atoms with Crippen molar-refractivity contribution in [3.63, 3.8) is 0 Å². The van der Waals surface area contributed by atoms with Crippen LogP contribution in [0.1, 0.15) is 52.6 Å². The second-order valence-corrected chi connectivity index (χ2v) is 8.91. The molecule has 0 bridgehead atoms. The average molecular weight is 515 g/mol. The van der Waals surface area contributed by atoms with Crippen molar-refractivity contribution in [3.8, 4) is 0 Å². The Morgan fingerprint density at radius 1 is 0.528 bits per heavy atom. The van der Waals surface area contributed by atoms with E-state index in [2.05, 4.69) is 10.6 Å². The zero-order valence-corrected chi connectivity index (χ0v) is 20.0. The molecule has 4 aromatic rings. The smallest absolute Gasteiger partial charge is 0.255 e. The zero-order valence-electron chi connectivity index (χ0n) is 18.5. The van der Waals surface area contributed by atoms with Crippen LogP contribution in [0.25, 0.3) is 0 Å². The van der Waals surface area contributed by atoms with E-state index in [0.717, 1.165) is 0 Å². The van der Waals surface area contributed by atoms with Crippen LogP contribution in [0.4, 0.5) is 11.4 Å². The van der Waals surface area contributed by atoms with Gasteiger partial charge in [-0.25, -0.2) is 0 Å². The van der Waals surface area contributed by atoms with Gasteiger partial charge in [0, 0.05) is 32.3 Å². The summed E-state index contributed by atoms with van der Waals surface area (Å²) < 4.78 is 0. The second kappa shape index (κ2) is 9.41. The van der Waals surface area contributed by atoms with E-state index in [-0.39, 0.29) is 33.6 Å². The molecule has 0 aromatic heterocycles. The molecular weight excluding hydrogens is 499 g/mol. The van der Waals surface area contributed by atoms with Gasteiger partial charge in [-0.15, -0.1) is 0 Å². The van der Waals surface area contributed by atoms with Crippen molar-refractivity contribution in [2.75, 3.05) is 10.6 Å². The van der Waals surface area contributed by atoms with Gasteiger partial charge in [-0.2, -0.15) is 0 Å². The molecule has 0 saturated heterocycles. The van der Waals surface area contributed by atoms with Gasteiger partial charge in [-0.3, -0.25) is 19.2 Å². The first kappa shape index (κ1) is 23.5. The minimum absolute atomic E-state index is 0.00918. The zero-order chi connectivity index (χ0) is 25.4. The van der Waals surface area contributed by atoms with Crippen molar-refractivity contribution < 1.29 is 19.2 Å². The Hall–Kier alpha value is -4.26. The number of fused-ring (bicyclic) bond motifs is 2. The highest BCUT2D eigenvalue weighted by atomic mass is 35.5. The summed E-state index contributed by atoms with van der Waals surface area (Å²) in [5.41, 5.74) is 1.41. The molecule has 2 amide bonds. The molecule has 6 nitrogen and oxygen atoms in total. The van der Waals surface area contributed by atoms with Crippen LogP contribution in [0.5, 0.6) is 0 Å². The fraction of sp³-hybridized carbons (Fsp3) is 0. The highest BCUT2D eigenvalue weighted by Crippen LogP contribution is 2.37. The number of carbonyl (C=O) groups excluding carboxylic acids is 4. The van der Waals surface area contributed by atoms with Gasteiger partial charge >= 0.3 is 0 Å². The molecule has 2 N–H and O–H groups in total. The molecule has 0 aliphatic heterocycles. The molecule has 0 unspecified atom stereocenters. The highest BCUT2D eigenvalue weighted by Gasteiger charge is 2.34. The van der Waals surface area contributed by atoms with Gasteiger partial charge in [0.15, 0.2) is 11.6 Å². The van der Waals surface area contributed by atoms with E-state index in [9.17, 15) is 19.2 Å². The number of halogens is 2. The maximum atomic E-state index is 13.5. The van der Waals surface area contributed by atoms with Crippen LogP contribution < -0.4 is 10.6 Å². The third-order valence-corrected chi connectivity index (χ3v) is 6.29. The maximum absolute atomic E-state index is 13.5. The first-order valence-electron chi connectivity index (χ1n) is 10.8. The number of ketones is 2. The Morgan fingerprint density at radius 3 is 1.25 bits per heavy atom. The van der Waals surface area contributed by atoms with Crippen LogP contribution in [0.15, 0.2) is 84.9 Å². The Labute approximate surface area is 215 Å². The summed E-state index contributed by atoms with van der Waals surface area (Å²) in [6.07, 6.45) is 0. The molecule has 176 valence electrons. The fourth-order valence-corrected chi connectivity index (χ4v) is 4.27. The van der Waals surface area contributed by atoms with Crippen LogP contribution in [0, 0.1) is 0 Å². The van der Waals surface area contributed by atoms with Crippen LogP contribution in [0.3, 0.4) is 0 Å². The molecule has 1 aliphatic rings. The van der Waals surface area contributed by atoms with Crippen LogP contribution in [0.2, 0.25) is 10.0 Å². The number of rotatable bonds is 4. The first-order chi connectivity index (χ1) is 17.3. The number of carbonyl (C=O) groups is 4. The van der Waals surface area contributed by atoms with E-state index in [1.54, 1.807) is 72.8 Å². The maximum Gasteiger partial charge on any atom is 0.255 e. The molecule has 5 rings (SSSR count). The lowest BCUT2D eigenvalue weighted by molar-refractivity contribution is 0.0977. The van der Waals surface area contributed by atoms with Crippen molar-refractivity contribution in [2.45, 2.75) is 0 Å². The number of hydrogen-bond donors (Lipinski definition) is 2. The number of anilines is 2. The summed E-state index contributed by atoms with van der Waals surface area (Å²) in [6, 6.07) is 21.9. The quantitative estimate of drug-likeness (QED) is 0.295. The molecule has 0 heterocycles. The van der Waals surface area contributed by atoms with E-state index in [1.165, 1.54) is 12.1 Å². The summed E-state index contributed by atoms with van der Waals surface area (Å²) in [5, 5.41) is 6.40. The minimum atomic E-state index is -0.481. The van der Waals surface area contributed by atoms with Gasteiger partial charge in [0.2, 0.25) is 0 Å². The number of nitrogens with one attached hydrogen (secondary N) is 2. The van der Waals surface area contributed by atoms with Gasteiger partial charge in [0.1, 0.15) is 0 Å². The average Bonchev–Trinajstić information content (AvgIpc) is 2.88. The van der Waals surface area contributed by atoms with Crippen LogP contribution >= 0.6 is 23.2 Å². The molecule has 0 spiro atoms. The fourth-order valence-electron chi connectivity index (χ4n) is 4.02. The van der Waals surface area contributed by atoms with Crippen molar-refractivity contribution in [1.29, 1.82) is 0 Å². The monoisotopic (exact) mass is 514 g/mol. The number of hydrogen-bond acceptors (Lipinski definition) is 4. The largest absolute Gasteiger partial charge is 0.321 e. The van der Waals surface area contributed by atoms with Gasteiger partial charge in [-0.05, 0) is 60.7 Å². The van der Waals surface area contributed by atoms with Gasteiger partial charge < -0.3 is 10.6 Å². The van der Waals surface area contributed by atoms with Gasteiger partial charge in [0.05, 0.1) is 22.5 Å². The topological polar surface area (TPSA) is 92.3 Å². The summed E-state index contributed by atoms with van der Waals surface area (Å²) in [4.78, 5) is 52.8. The third kappa shape index (κ3) is 4.28. The molecule has 0 saturated carbocycles. The minimum Gasteiger partial charge on any atom is -0.321 e. The molecule has 36 heavy (non-hydrogen) atoms. The normalized spacial score (nSPS) is 11.9. The second-order valence-electron chi connectivity index (χ2n) is 8.04. The molecule has 1 aliphatic carbocycles. The van der Waals surface area contributed by atoms with E-state index in [4.69, 9.17) is 23.2 Å². The molecule has 0 radical (unpaired) electrons. The summed E-state index contributed by atoms with van der Waals surface area (Å²) >= 11 is 11.8. The lowest BCUT2D eigenvalue weighted by atomic mass is 9.82. The standard InChI is InChI=1S/C28H16Cl2N2O4/c29-17-9-5-15(6-10-17)27(35)31-21-13-14-22(32-28(36)16-7-11-18(30)12-8-16)24-23(21)25(33)19-3-1-2-4-20(19)26(24)34/h1-14H,(H,31,35)(H,32,36). The number of amides is 2. The Bertz CT molecular complexity index is 1440. The van der Waals surface area contributed by atoms with Gasteiger partial charge in [-0.1, -0.05) is 47.5 Å². The summed E-state index contributed by atoms with van der Waals surface area (Å²) in [7, 11) is 0. The SMILES string of the molecule is O=C(Nc1ccc(NC(=O)c2ccc(Cl)cc2)c2c1C(=O)c1ccccc1C2=O)c1ccc(Cl)cc1. The van der Waals surface area contributed by atoms with Crippen LogP contribution in [-0.4, -0.2) is 23.4 Å². The highest BCUT2D eigenvalue weighted by molar-refractivity contribution is 6.33.